The molecular formula is C19H26N4O2S. The number of aryl methyl sites for hydroxylation is 1. The summed E-state index contributed by atoms with van der Waals surface area (Å²) in [6, 6.07) is 5.00. The third-order valence-electron chi connectivity index (χ3n) is 4.66. The van der Waals surface area contributed by atoms with Crippen molar-refractivity contribution in [2.45, 2.75) is 52.1 Å². The fourth-order valence-corrected chi connectivity index (χ4v) is 4.37. The van der Waals surface area contributed by atoms with E-state index in [4.69, 9.17) is 5.73 Å². The molecule has 0 radical (unpaired) electrons. The SMILES string of the molecule is Cc1ccc2nc(NC(=O)[C@@H]3CCCN3C(=O)[C@H](N)CC(C)C)sc2c1. The molecule has 1 aromatic carbocycles. The van der Waals surface area contributed by atoms with Crippen LogP contribution in [0.1, 0.15) is 38.7 Å². The van der Waals surface area contributed by atoms with Crippen LogP contribution in [0.4, 0.5) is 5.13 Å². The van der Waals surface area contributed by atoms with Crippen molar-refractivity contribution in [1.82, 2.24) is 9.88 Å². The minimum absolute atomic E-state index is 0.128. The molecule has 140 valence electrons. The smallest absolute Gasteiger partial charge is 0.248 e. The van der Waals surface area contributed by atoms with Gasteiger partial charge in [-0.3, -0.25) is 9.59 Å². The second-order valence-electron chi connectivity index (χ2n) is 7.41. The molecule has 0 saturated carbocycles. The van der Waals surface area contributed by atoms with Crippen LogP contribution in [0.5, 0.6) is 0 Å². The molecule has 0 unspecified atom stereocenters. The predicted molar refractivity (Wildman–Crippen MR) is 105 cm³/mol. The molecule has 1 aliphatic rings. The maximum atomic E-state index is 12.7. The van der Waals surface area contributed by atoms with Gasteiger partial charge in [0.1, 0.15) is 6.04 Å². The molecule has 7 heteroatoms. The summed E-state index contributed by atoms with van der Waals surface area (Å²) in [5.74, 6) is 0.0367. The highest BCUT2D eigenvalue weighted by molar-refractivity contribution is 7.22. The number of aromatic nitrogens is 1. The maximum Gasteiger partial charge on any atom is 0.248 e. The summed E-state index contributed by atoms with van der Waals surface area (Å²) in [5, 5.41) is 3.46. The summed E-state index contributed by atoms with van der Waals surface area (Å²) in [6.45, 7) is 6.69. The third kappa shape index (κ3) is 4.04. The van der Waals surface area contributed by atoms with Crippen LogP contribution in [0.15, 0.2) is 18.2 Å². The van der Waals surface area contributed by atoms with Crippen LogP contribution in [0.2, 0.25) is 0 Å². The van der Waals surface area contributed by atoms with Crippen LogP contribution in [-0.2, 0) is 9.59 Å². The standard InChI is InChI=1S/C19H26N4O2S/c1-11(2)9-13(20)18(25)23-8-4-5-15(23)17(24)22-19-21-14-7-6-12(3)10-16(14)26-19/h6-7,10-11,13,15H,4-5,8-9,20H2,1-3H3,(H,21,22,24)/t13-,15+/m1/s1. The third-order valence-corrected chi connectivity index (χ3v) is 5.59. The Morgan fingerprint density at radius 3 is 2.92 bits per heavy atom. The number of fused-ring (bicyclic) bond motifs is 1. The first-order valence-corrected chi connectivity index (χ1v) is 9.91. The van der Waals surface area contributed by atoms with E-state index in [1.54, 1.807) is 4.90 Å². The number of hydrogen-bond acceptors (Lipinski definition) is 5. The first-order chi connectivity index (χ1) is 12.3. The Bertz CT molecular complexity index is 817. The van der Waals surface area contributed by atoms with Gasteiger partial charge in [0.2, 0.25) is 11.8 Å². The van der Waals surface area contributed by atoms with E-state index < -0.39 is 12.1 Å². The zero-order valence-electron chi connectivity index (χ0n) is 15.5. The van der Waals surface area contributed by atoms with Crippen molar-refractivity contribution in [3.63, 3.8) is 0 Å². The first-order valence-electron chi connectivity index (χ1n) is 9.09. The molecule has 0 aliphatic carbocycles. The molecule has 26 heavy (non-hydrogen) atoms. The lowest BCUT2D eigenvalue weighted by atomic mass is 10.0. The Kier molecular flexibility index (Phi) is 5.58. The number of nitrogens with two attached hydrogens (primary N) is 1. The number of likely N-dealkylation sites (tertiary alicyclic amines) is 1. The number of nitrogens with zero attached hydrogens (tertiary/aromatic N) is 2. The molecule has 1 aliphatic heterocycles. The summed E-state index contributed by atoms with van der Waals surface area (Å²) in [7, 11) is 0. The van der Waals surface area contributed by atoms with E-state index in [1.165, 1.54) is 11.3 Å². The number of benzene rings is 1. The van der Waals surface area contributed by atoms with Crippen LogP contribution in [-0.4, -0.2) is 40.3 Å². The van der Waals surface area contributed by atoms with Gasteiger partial charge in [-0.05, 0) is 49.8 Å². The van der Waals surface area contributed by atoms with Gasteiger partial charge in [0.05, 0.1) is 16.3 Å². The maximum absolute atomic E-state index is 12.7. The number of hydrogen-bond donors (Lipinski definition) is 2. The lowest BCUT2D eigenvalue weighted by Crippen LogP contribution is -2.50. The lowest BCUT2D eigenvalue weighted by Gasteiger charge is -2.27. The average molecular weight is 375 g/mol. The van der Waals surface area contributed by atoms with E-state index >= 15 is 0 Å². The number of anilines is 1. The number of thiazole rings is 1. The monoisotopic (exact) mass is 374 g/mol. The first kappa shape index (κ1) is 18.8. The van der Waals surface area contributed by atoms with Crippen LogP contribution in [0.25, 0.3) is 10.2 Å². The highest BCUT2D eigenvalue weighted by atomic mass is 32.1. The lowest BCUT2D eigenvalue weighted by molar-refractivity contribution is -0.138. The summed E-state index contributed by atoms with van der Waals surface area (Å²) in [4.78, 5) is 31.5. The van der Waals surface area contributed by atoms with Crippen molar-refractivity contribution in [3.8, 4) is 0 Å². The van der Waals surface area contributed by atoms with E-state index in [0.717, 1.165) is 22.2 Å². The minimum atomic E-state index is -0.547. The summed E-state index contributed by atoms with van der Waals surface area (Å²) in [5.41, 5.74) is 8.07. The van der Waals surface area contributed by atoms with Crippen molar-refractivity contribution in [2.75, 3.05) is 11.9 Å². The van der Waals surface area contributed by atoms with Gasteiger partial charge in [0.25, 0.3) is 0 Å². The number of rotatable bonds is 5. The van der Waals surface area contributed by atoms with Crippen LogP contribution in [0, 0.1) is 12.8 Å². The predicted octanol–water partition coefficient (Wildman–Crippen LogP) is 2.91. The molecule has 0 bridgehead atoms. The fourth-order valence-electron chi connectivity index (χ4n) is 3.40. The van der Waals surface area contributed by atoms with Gasteiger partial charge in [-0.25, -0.2) is 4.98 Å². The number of carbonyl (C=O) groups excluding carboxylic acids is 2. The van der Waals surface area contributed by atoms with Gasteiger partial charge in [-0.1, -0.05) is 31.3 Å². The van der Waals surface area contributed by atoms with Gasteiger partial charge >= 0.3 is 0 Å². The zero-order chi connectivity index (χ0) is 18.8. The number of amides is 2. The molecule has 3 rings (SSSR count). The Labute approximate surface area is 157 Å². The van der Waals surface area contributed by atoms with Gasteiger partial charge in [0, 0.05) is 6.54 Å². The van der Waals surface area contributed by atoms with Gasteiger partial charge in [0.15, 0.2) is 5.13 Å². The van der Waals surface area contributed by atoms with Crippen molar-refractivity contribution in [3.05, 3.63) is 23.8 Å². The molecule has 3 N–H and O–H groups in total. The molecule has 1 saturated heterocycles. The summed E-state index contributed by atoms with van der Waals surface area (Å²) >= 11 is 1.45. The Hall–Kier alpha value is -1.99. The average Bonchev–Trinajstić information content (AvgIpc) is 3.19. The van der Waals surface area contributed by atoms with Crippen molar-refractivity contribution < 1.29 is 9.59 Å². The molecule has 2 atom stereocenters. The highest BCUT2D eigenvalue weighted by Gasteiger charge is 2.36. The van der Waals surface area contributed by atoms with Crippen LogP contribution in [0.3, 0.4) is 0 Å². The molecule has 1 fully saturated rings. The van der Waals surface area contributed by atoms with Crippen molar-refractivity contribution >= 4 is 38.5 Å². The van der Waals surface area contributed by atoms with E-state index in [9.17, 15) is 9.59 Å². The van der Waals surface area contributed by atoms with E-state index in [1.807, 2.05) is 32.9 Å². The molecule has 1 aromatic heterocycles. The van der Waals surface area contributed by atoms with Gasteiger partial charge < -0.3 is 16.0 Å². The Morgan fingerprint density at radius 2 is 2.19 bits per heavy atom. The largest absolute Gasteiger partial charge is 0.329 e. The minimum Gasteiger partial charge on any atom is -0.329 e. The molecule has 6 nitrogen and oxygen atoms in total. The normalized spacial score (nSPS) is 18.5. The number of carbonyl (C=O) groups is 2. The van der Waals surface area contributed by atoms with Gasteiger partial charge in [-0.2, -0.15) is 0 Å². The molecule has 2 amide bonds. The fraction of sp³-hybridized carbons (Fsp3) is 0.526. The van der Waals surface area contributed by atoms with E-state index in [0.29, 0.717) is 30.4 Å². The van der Waals surface area contributed by atoms with E-state index in [2.05, 4.69) is 16.4 Å². The second-order valence-corrected chi connectivity index (χ2v) is 8.44. The number of nitrogens with one attached hydrogen (secondary N) is 1. The van der Waals surface area contributed by atoms with Crippen LogP contribution < -0.4 is 11.1 Å². The Morgan fingerprint density at radius 1 is 1.42 bits per heavy atom. The zero-order valence-corrected chi connectivity index (χ0v) is 16.3. The molecule has 2 heterocycles. The van der Waals surface area contributed by atoms with Crippen molar-refractivity contribution in [1.29, 1.82) is 0 Å². The Balaban J connectivity index is 1.70. The van der Waals surface area contributed by atoms with Crippen LogP contribution >= 0.6 is 11.3 Å². The molecular weight excluding hydrogens is 348 g/mol. The molecule has 0 spiro atoms. The quantitative estimate of drug-likeness (QED) is 0.842. The van der Waals surface area contributed by atoms with Crippen molar-refractivity contribution in [2.24, 2.45) is 11.7 Å². The topological polar surface area (TPSA) is 88.3 Å². The highest BCUT2D eigenvalue weighted by Crippen LogP contribution is 2.28. The molecule has 2 aromatic rings. The summed E-state index contributed by atoms with van der Waals surface area (Å²) in [6.07, 6.45) is 2.11. The van der Waals surface area contributed by atoms with Gasteiger partial charge in [-0.15, -0.1) is 0 Å². The second kappa shape index (κ2) is 7.72. The van der Waals surface area contributed by atoms with E-state index in [-0.39, 0.29) is 11.8 Å². The summed E-state index contributed by atoms with van der Waals surface area (Å²) < 4.78 is 1.04.